The Bertz CT molecular complexity index is 454. The van der Waals surface area contributed by atoms with Gasteiger partial charge in [-0.05, 0) is 31.5 Å². The van der Waals surface area contributed by atoms with E-state index in [4.69, 9.17) is 22.0 Å². The molecule has 0 radical (unpaired) electrons. The van der Waals surface area contributed by atoms with E-state index in [1.807, 2.05) is 13.0 Å². The van der Waals surface area contributed by atoms with Gasteiger partial charge in [0, 0.05) is 17.5 Å². The van der Waals surface area contributed by atoms with Crippen molar-refractivity contribution in [1.29, 1.82) is 5.26 Å². The molecule has 1 atom stereocenters. The SMILES string of the molecule is CC(CCC(=O)O)Nc1ccc(Cl)cc1C#N. The van der Waals surface area contributed by atoms with Crippen LogP contribution >= 0.6 is 11.6 Å². The van der Waals surface area contributed by atoms with Gasteiger partial charge in [-0.1, -0.05) is 11.6 Å². The van der Waals surface area contributed by atoms with Gasteiger partial charge in [0.2, 0.25) is 0 Å². The second-order valence-corrected chi connectivity index (χ2v) is 4.22. The number of hydrogen-bond acceptors (Lipinski definition) is 3. The Labute approximate surface area is 105 Å². The summed E-state index contributed by atoms with van der Waals surface area (Å²) in [5, 5.41) is 21.1. The van der Waals surface area contributed by atoms with Crippen LogP contribution in [0.4, 0.5) is 5.69 Å². The largest absolute Gasteiger partial charge is 0.481 e. The fourth-order valence-electron chi connectivity index (χ4n) is 1.41. The number of nitrogens with zero attached hydrogens (tertiary/aromatic N) is 1. The molecule has 0 aromatic heterocycles. The monoisotopic (exact) mass is 252 g/mol. The van der Waals surface area contributed by atoms with Crippen LogP contribution in [0.3, 0.4) is 0 Å². The number of anilines is 1. The fraction of sp³-hybridized carbons (Fsp3) is 0.333. The van der Waals surface area contributed by atoms with Crippen LogP contribution in [0.2, 0.25) is 5.02 Å². The molecule has 2 N–H and O–H groups in total. The summed E-state index contributed by atoms with van der Waals surface area (Å²) < 4.78 is 0. The van der Waals surface area contributed by atoms with Gasteiger partial charge in [-0.2, -0.15) is 5.26 Å². The first-order valence-corrected chi connectivity index (χ1v) is 5.58. The van der Waals surface area contributed by atoms with Gasteiger partial charge in [-0.15, -0.1) is 0 Å². The van der Waals surface area contributed by atoms with E-state index in [0.717, 1.165) is 0 Å². The van der Waals surface area contributed by atoms with Crippen LogP contribution in [0.15, 0.2) is 18.2 Å². The summed E-state index contributed by atoms with van der Waals surface area (Å²) in [4.78, 5) is 10.4. The number of carboxylic acid groups (broad SMARTS) is 1. The summed E-state index contributed by atoms with van der Waals surface area (Å²) in [6.07, 6.45) is 0.604. The molecule has 0 heterocycles. The average molecular weight is 253 g/mol. The highest BCUT2D eigenvalue weighted by atomic mass is 35.5. The molecule has 4 nitrogen and oxygen atoms in total. The quantitative estimate of drug-likeness (QED) is 0.845. The zero-order chi connectivity index (χ0) is 12.8. The fourth-order valence-corrected chi connectivity index (χ4v) is 1.58. The van der Waals surface area contributed by atoms with Crippen molar-refractivity contribution in [3.05, 3.63) is 28.8 Å². The molecule has 0 saturated carbocycles. The lowest BCUT2D eigenvalue weighted by Gasteiger charge is -2.15. The number of halogens is 1. The van der Waals surface area contributed by atoms with Gasteiger partial charge in [0.25, 0.3) is 0 Å². The number of carboxylic acids is 1. The van der Waals surface area contributed by atoms with Crippen LogP contribution in [-0.4, -0.2) is 17.1 Å². The maximum absolute atomic E-state index is 10.4. The Morgan fingerprint density at radius 3 is 2.94 bits per heavy atom. The van der Waals surface area contributed by atoms with E-state index in [1.165, 1.54) is 0 Å². The van der Waals surface area contributed by atoms with E-state index in [-0.39, 0.29) is 12.5 Å². The Kier molecular flexibility index (Phi) is 4.80. The van der Waals surface area contributed by atoms with Gasteiger partial charge in [-0.25, -0.2) is 0 Å². The number of nitrogens with one attached hydrogen (secondary N) is 1. The summed E-state index contributed by atoms with van der Waals surface area (Å²) in [5.41, 5.74) is 1.13. The highest BCUT2D eigenvalue weighted by Gasteiger charge is 2.08. The maximum atomic E-state index is 10.4. The van der Waals surface area contributed by atoms with Crippen molar-refractivity contribution in [3.8, 4) is 6.07 Å². The number of aliphatic carboxylic acids is 1. The second-order valence-electron chi connectivity index (χ2n) is 3.78. The van der Waals surface area contributed by atoms with E-state index < -0.39 is 5.97 Å². The predicted molar refractivity (Wildman–Crippen MR) is 66.1 cm³/mol. The molecule has 5 heteroatoms. The van der Waals surface area contributed by atoms with Crippen LogP contribution in [0.5, 0.6) is 0 Å². The van der Waals surface area contributed by atoms with Crippen molar-refractivity contribution in [1.82, 2.24) is 0 Å². The third kappa shape index (κ3) is 4.33. The minimum Gasteiger partial charge on any atom is -0.481 e. The first-order chi connectivity index (χ1) is 8.02. The molecule has 0 saturated heterocycles. The lowest BCUT2D eigenvalue weighted by Crippen LogP contribution is -2.17. The number of benzene rings is 1. The molecule has 1 aromatic rings. The second kappa shape index (κ2) is 6.12. The summed E-state index contributed by atoms with van der Waals surface area (Å²) in [6, 6.07) is 7.02. The zero-order valence-electron chi connectivity index (χ0n) is 9.40. The number of nitriles is 1. The summed E-state index contributed by atoms with van der Waals surface area (Å²) in [6.45, 7) is 1.87. The number of rotatable bonds is 5. The number of hydrogen-bond donors (Lipinski definition) is 2. The van der Waals surface area contributed by atoms with Gasteiger partial charge >= 0.3 is 5.97 Å². The average Bonchev–Trinajstić information content (AvgIpc) is 2.28. The zero-order valence-corrected chi connectivity index (χ0v) is 10.2. The van der Waals surface area contributed by atoms with E-state index >= 15 is 0 Å². The molecule has 0 spiro atoms. The smallest absolute Gasteiger partial charge is 0.303 e. The molecule has 17 heavy (non-hydrogen) atoms. The molecule has 90 valence electrons. The molecule has 0 aliphatic heterocycles. The van der Waals surface area contributed by atoms with E-state index in [2.05, 4.69) is 5.32 Å². The Morgan fingerprint density at radius 2 is 2.35 bits per heavy atom. The maximum Gasteiger partial charge on any atom is 0.303 e. The van der Waals surface area contributed by atoms with Crippen molar-refractivity contribution >= 4 is 23.3 Å². The van der Waals surface area contributed by atoms with Gasteiger partial charge in [-0.3, -0.25) is 4.79 Å². The number of carbonyl (C=O) groups is 1. The first-order valence-electron chi connectivity index (χ1n) is 5.21. The summed E-state index contributed by atoms with van der Waals surface area (Å²) >= 11 is 5.78. The normalized spacial score (nSPS) is 11.6. The van der Waals surface area contributed by atoms with E-state index in [1.54, 1.807) is 18.2 Å². The topological polar surface area (TPSA) is 73.1 Å². The Morgan fingerprint density at radius 1 is 1.65 bits per heavy atom. The molecule has 0 amide bonds. The van der Waals surface area contributed by atoms with Crippen LogP contribution in [0, 0.1) is 11.3 Å². The predicted octanol–water partition coefficient (Wildman–Crippen LogP) is 2.88. The lowest BCUT2D eigenvalue weighted by atomic mass is 10.1. The van der Waals surface area contributed by atoms with Gasteiger partial charge in [0.1, 0.15) is 6.07 Å². The molecule has 1 unspecified atom stereocenters. The molecule has 0 bridgehead atoms. The Hall–Kier alpha value is -1.73. The van der Waals surface area contributed by atoms with Crippen molar-refractivity contribution in [2.45, 2.75) is 25.8 Å². The van der Waals surface area contributed by atoms with Gasteiger partial charge < -0.3 is 10.4 Å². The molecule has 1 rings (SSSR count). The highest BCUT2D eigenvalue weighted by Crippen LogP contribution is 2.21. The van der Waals surface area contributed by atoms with Crippen LogP contribution in [-0.2, 0) is 4.79 Å². The third-order valence-electron chi connectivity index (χ3n) is 2.30. The molecule has 0 aliphatic carbocycles. The molecule has 1 aromatic carbocycles. The molecule has 0 fully saturated rings. The van der Waals surface area contributed by atoms with Crippen molar-refractivity contribution in [2.24, 2.45) is 0 Å². The molecular weight excluding hydrogens is 240 g/mol. The third-order valence-corrected chi connectivity index (χ3v) is 2.53. The minimum atomic E-state index is -0.824. The van der Waals surface area contributed by atoms with Gasteiger partial charge in [0.15, 0.2) is 0 Å². The highest BCUT2D eigenvalue weighted by molar-refractivity contribution is 6.30. The summed E-state index contributed by atoms with van der Waals surface area (Å²) in [5.74, 6) is -0.824. The minimum absolute atomic E-state index is 0.0145. The van der Waals surface area contributed by atoms with Crippen LogP contribution in [0.25, 0.3) is 0 Å². The summed E-state index contributed by atoms with van der Waals surface area (Å²) in [7, 11) is 0. The molecule has 0 aliphatic rings. The molecular formula is C12H13ClN2O2. The van der Waals surface area contributed by atoms with Gasteiger partial charge in [0.05, 0.1) is 11.3 Å². The van der Waals surface area contributed by atoms with Crippen molar-refractivity contribution < 1.29 is 9.90 Å². The van der Waals surface area contributed by atoms with Crippen LogP contribution in [0.1, 0.15) is 25.3 Å². The first kappa shape index (κ1) is 13.3. The van der Waals surface area contributed by atoms with Crippen LogP contribution < -0.4 is 5.32 Å². The van der Waals surface area contributed by atoms with E-state index in [0.29, 0.717) is 22.7 Å². The van der Waals surface area contributed by atoms with E-state index in [9.17, 15) is 4.79 Å². The van der Waals surface area contributed by atoms with Crippen molar-refractivity contribution in [2.75, 3.05) is 5.32 Å². The van der Waals surface area contributed by atoms with Crippen molar-refractivity contribution in [3.63, 3.8) is 0 Å². The standard InChI is InChI=1S/C12H13ClN2O2/c1-8(2-5-12(16)17)15-11-4-3-10(13)6-9(11)7-14/h3-4,6,8,15H,2,5H2,1H3,(H,16,17). The Balaban J connectivity index is 2.68. The lowest BCUT2D eigenvalue weighted by molar-refractivity contribution is -0.137.